The van der Waals surface area contributed by atoms with Gasteiger partial charge in [-0.1, -0.05) is 37.5 Å². The highest BCUT2D eigenvalue weighted by atomic mass is 16.2. The fourth-order valence-electron chi connectivity index (χ4n) is 4.08. The molecule has 29 heavy (non-hydrogen) atoms. The SMILES string of the molecule is CCNC(=NCC1CC(=O)Nc2ccccc21)NCCNC(=O)C1CCCCC1. The minimum absolute atomic E-state index is 0.0345. The molecule has 3 rings (SSSR count). The van der Waals surface area contributed by atoms with Crippen molar-refractivity contribution >= 4 is 23.5 Å². The van der Waals surface area contributed by atoms with Crippen LogP contribution in [0.1, 0.15) is 56.9 Å². The topological polar surface area (TPSA) is 94.6 Å². The molecule has 2 aliphatic rings. The Balaban J connectivity index is 1.48. The minimum atomic E-state index is 0.0345. The van der Waals surface area contributed by atoms with Crippen LogP contribution in [0.2, 0.25) is 0 Å². The van der Waals surface area contributed by atoms with Crippen LogP contribution < -0.4 is 21.3 Å². The van der Waals surface area contributed by atoms with Gasteiger partial charge in [-0.05, 0) is 31.4 Å². The maximum atomic E-state index is 12.2. The Morgan fingerprint density at radius 3 is 2.66 bits per heavy atom. The maximum absolute atomic E-state index is 12.2. The Kier molecular flexibility index (Phi) is 7.90. The summed E-state index contributed by atoms with van der Waals surface area (Å²) in [5.41, 5.74) is 2.01. The summed E-state index contributed by atoms with van der Waals surface area (Å²) in [6.07, 6.45) is 6.05. The van der Waals surface area contributed by atoms with Crippen LogP contribution in [0, 0.1) is 5.92 Å². The van der Waals surface area contributed by atoms with Gasteiger partial charge < -0.3 is 21.3 Å². The lowest BCUT2D eigenvalue weighted by molar-refractivity contribution is -0.125. The van der Waals surface area contributed by atoms with Gasteiger partial charge >= 0.3 is 0 Å². The van der Waals surface area contributed by atoms with Crippen molar-refractivity contribution in [2.24, 2.45) is 10.9 Å². The van der Waals surface area contributed by atoms with Gasteiger partial charge in [0.25, 0.3) is 0 Å². The lowest BCUT2D eigenvalue weighted by Crippen LogP contribution is -2.43. The van der Waals surface area contributed by atoms with Gasteiger partial charge in [0.2, 0.25) is 11.8 Å². The maximum Gasteiger partial charge on any atom is 0.225 e. The second-order valence-corrected chi connectivity index (χ2v) is 7.81. The molecule has 0 radical (unpaired) electrons. The van der Waals surface area contributed by atoms with E-state index in [1.54, 1.807) is 0 Å². The number of carbonyl (C=O) groups excluding carboxylic acids is 2. The smallest absolute Gasteiger partial charge is 0.225 e. The fourth-order valence-corrected chi connectivity index (χ4v) is 4.08. The van der Waals surface area contributed by atoms with Gasteiger partial charge in [-0.25, -0.2) is 0 Å². The molecule has 1 heterocycles. The highest BCUT2D eigenvalue weighted by molar-refractivity contribution is 5.94. The average Bonchev–Trinajstić information content (AvgIpc) is 2.75. The van der Waals surface area contributed by atoms with Gasteiger partial charge in [0, 0.05) is 43.6 Å². The van der Waals surface area contributed by atoms with E-state index in [0.29, 0.717) is 32.0 Å². The summed E-state index contributed by atoms with van der Waals surface area (Å²) in [6, 6.07) is 7.90. The zero-order valence-electron chi connectivity index (χ0n) is 17.3. The minimum Gasteiger partial charge on any atom is -0.357 e. The molecule has 4 N–H and O–H groups in total. The van der Waals surface area contributed by atoms with Gasteiger partial charge in [0.1, 0.15) is 0 Å². The van der Waals surface area contributed by atoms with Crippen molar-refractivity contribution in [1.82, 2.24) is 16.0 Å². The third kappa shape index (κ3) is 6.21. The van der Waals surface area contributed by atoms with Crippen molar-refractivity contribution in [3.63, 3.8) is 0 Å². The lowest BCUT2D eigenvalue weighted by Gasteiger charge is -2.24. The van der Waals surface area contributed by atoms with Crippen molar-refractivity contribution in [2.75, 3.05) is 31.5 Å². The highest BCUT2D eigenvalue weighted by Gasteiger charge is 2.24. The molecule has 1 aromatic rings. The number of benzene rings is 1. The second-order valence-electron chi connectivity index (χ2n) is 7.81. The van der Waals surface area contributed by atoms with Crippen LogP contribution in [-0.4, -0.2) is 44.0 Å². The molecular weight excluding hydrogens is 366 g/mol. The first-order valence-electron chi connectivity index (χ1n) is 10.9. The fraction of sp³-hybridized carbons (Fsp3) is 0.591. The van der Waals surface area contributed by atoms with Crippen molar-refractivity contribution in [1.29, 1.82) is 0 Å². The second kappa shape index (κ2) is 10.8. The predicted molar refractivity (Wildman–Crippen MR) is 116 cm³/mol. The zero-order valence-corrected chi connectivity index (χ0v) is 17.3. The Hall–Kier alpha value is -2.57. The van der Waals surface area contributed by atoms with Crippen LogP contribution in [0.5, 0.6) is 0 Å². The third-order valence-corrected chi connectivity index (χ3v) is 5.61. The summed E-state index contributed by atoms with van der Waals surface area (Å²) in [5, 5.41) is 12.5. The Bertz CT molecular complexity index is 728. The van der Waals surface area contributed by atoms with E-state index in [1.807, 2.05) is 25.1 Å². The van der Waals surface area contributed by atoms with Crippen LogP contribution in [0.4, 0.5) is 5.69 Å². The van der Waals surface area contributed by atoms with Crippen molar-refractivity contribution in [2.45, 2.75) is 51.4 Å². The molecule has 7 heteroatoms. The van der Waals surface area contributed by atoms with E-state index >= 15 is 0 Å². The lowest BCUT2D eigenvalue weighted by atomic mass is 9.89. The van der Waals surface area contributed by atoms with Crippen molar-refractivity contribution in [3.05, 3.63) is 29.8 Å². The van der Waals surface area contributed by atoms with Gasteiger partial charge in [0.15, 0.2) is 5.96 Å². The number of guanidine groups is 1. The molecule has 1 atom stereocenters. The molecular formula is C22H33N5O2. The van der Waals surface area contributed by atoms with E-state index in [0.717, 1.165) is 43.5 Å². The molecule has 1 aliphatic heterocycles. The van der Waals surface area contributed by atoms with E-state index in [1.165, 1.54) is 6.42 Å². The molecule has 158 valence electrons. The summed E-state index contributed by atoms with van der Waals surface area (Å²) in [5.74, 6) is 1.18. The van der Waals surface area contributed by atoms with Crippen LogP contribution in [0.15, 0.2) is 29.3 Å². The van der Waals surface area contributed by atoms with Crippen LogP contribution in [0.3, 0.4) is 0 Å². The van der Waals surface area contributed by atoms with Crippen LogP contribution >= 0.6 is 0 Å². The molecule has 1 aliphatic carbocycles. The number of hydrogen-bond acceptors (Lipinski definition) is 3. The monoisotopic (exact) mass is 399 g/mol. The molecule has 2 amide bonds. The summed E-state index contributed by atoms with van der Waals surface area (Å²) >= 11 is 0. The number of fused-ring (bicyclic) bond motifs is 1. The van der Waals surface area contributed by atoms with Gasteiger partial charge in [0.05, 0.1) is 6.54 Å². The average molecular weight is 400 g/mol. The number of nitrogens with zero attached hydrogens (tertiary/aromatic N) is 1. The molecule has 7 nitrogen and oxygen atoms in total. The van der Waals surface area contributed by atoms with Gasteiger partial charge in [-0.3, -0.25) is 14.6 Å². The quantitative estimate of drug-likeness (QED) is 0.322. The van der Waals surface area contributed by atoms with Gasteiger partial charge in [-0.2, -0.15) is 0 Å². The van der Waals surface area contributed by atoms with Gasteiger partial charge in [-0.15, -0.1) is 0 Å². The van der Waals surface area contributed by atoms with Crippen LogP contribution in [0.25, 0.3) is 0 Å². The first-order valence-corrected chi connectivity index (χ1v) is 10.9. The summed E-state index contributed by atoms with van der Waals surface area (Å²) < 4.78 is 0. The standard InChI is InChI=1S/C22H33N5O2/c1-2-23-22(25-13-12-24-21(29)16-8-4-3-5-9-16)26-15-17-14-20(28)27-19-11-7-6-10-18(17)19/h6-7,10-11,16-17H,2-5,8-9,12-15H2,1H3,(H,24,29)(H,27,28)(H2,23,25,26). The number of anilines is 1. The number of nitrogens with one attached hydrogen (secondary N) is 4. The Labute approximate surface area is 173 Å². The normalized spacial score (nSPS) is 19.8. The van der Waals surface area contributed by atoms with E-state index in [9.17, 15) is 9.59 Å². The highest BCUT2D eigenvalue weighted by Crippen LogP contribution is 2.32. The summed E-state index contributed by atoms with van der Waals surface area (Å²) in [6.45, 7) is 4.50. The number of rotatable bonds is 7. The van der Waals surface area contributed by atoms with E-state index in [-0.39, 0.29) is 23.7 Å². The molecule has 0 spiro atoms. The summed E-state index contributed by atoms with van der Waals surface area (Å²) in [7, 11) is 0. The Morgan fingerprint density at radius 2 is 1.86 bits per heavy atom. The molecule has 1 saturated carbocycles. The third-order valence-electron chi connectivity index (χ3n) is 5.61. The summed E-state index contributed by atoms with van der Waals surface area (Å²) in [4.78, 5) is 28.9. The molecule has 1 unspecified atom stereocenters. The zero-order chi connectivity index (χ0) is 20.5. The number of para-hydroxylation sites is 1. The largest absolute Gasteiger partial charge is 0.357 e. The molecule has 1 fully saturated rings. The van der Waals surface area contributed by atoms with E-state index in [2.05, 4.69) is 32.3 Å². The van der Waals surface area contributed by atoms with Crippen LogP contribution in [-0.2, 0) is 9.59 Å². The number of carbonyl (C=O) groups is 2. The van der Waals surface area contributed by atoms with Crippen molar-refractivity contribution in [3.8, 4) is 0 Å². The van der Waals surface area contributed by atoms with Crippen molar-refractivity contribution < 1.29 is 9.59 Å². The van der Waals surface area contributed by atoms with E-state index in [4.69, 9.17) is 0 Å². The molecule has 0 bridgehead atoms. The predicted octanol–water partition coefficient (Wildman–Crippen LogP) is 2.36. The first-order chi connectivity index (χ1) is 14.2. The number of amides is 2. The first kappa shape index (κ1) is 21.1. The number of hydrogen-bond donors (Lipinski definition) is 4. The number of aliphatic imine (C=N–C) groups is 1. The molecule has 1 aromatic carbocycles. The van der Waals surface area contributed by atoms with E-state index < -0.39 is 0 Å². The molecule has 0 saturated heterocycles. The Morgan fingerprint density at radius 1 is 1.10 bits per heavy atom. The molecule has 0 aromatic heterocycles.